The molecule has 3 atom stereocenters. The topological polar surface area (TPSA) is 43.8 Å². The third-order valence-electron chi connectivity index (χ3n) is 4.82. The lowest BCUT2D eigenvalue weighted by Gasteiger charge is -2.35. The minimum absolute atomic E-state index is 0.274. The molecule has 1 aromatic heterocycles. The highest BCUT2D eigenvalue weighted by molar-refractivity contribution is 5.25. The third-order valence-corrected chi connectivity index (χ3v) is 4.82. The maximum Gasteiger partial charge on any atom is 0.0675 e. The summed E-state index contributed by atoms with van der Waals surface area (Å²) in [5, 5.41) is 4.79. The number of hydrogen-bond donors (Lipinski definition) is 1. The Bertz CT molecular complexity index is 422. The van der Waals surface area contributed by atoms with E-state index in [9.17, 15) is 0 Å². The summed E-state index contributed by atoms with van der Waals surface area (Å²) in [6.07, 6.45) is 7.34. The molecule has 0 amide bonds. The maximum absolute atomic E-state index is 6.38. The van der Waals surface area contributed by atoms with Crippen LogP contribution in [0.5, 0.6) is 0 Å². The zero-order chi connectivity index (χ0) is 14.0. The van der Waals surface area contributed by atoms with Gasteiger partial charge in [0, 0.05) is 11.7 Å². The van der Waals surface area contributed by atoms with Crippen molar-refractivity contribution in [2.24, 2.45) is 11.7 Å². The van der Waals surface area contributed by atoms with E-state index < -0.39 is 0 Å². The predicted molar refractivity (Wildman–Crippen MR) is 80.3 cm³/mol. The molecule has 3 nitrogen and oxygen atoms in total. The van der Waals surface area contributed by atoms with Crippen LogP contribution < -0.4 is 5.73 Å². The standard InChI is InChI=1S/C16H29N3/c1-5-7-13-8-9-15(17)16(10-13)19-12(4)14(6-2)11(3)18-19/h13,15-16H,5-10,17H2,1-4H3. The van der Waals surface area contributed by atoms with E-state index in [1.54, 1.807) is 0 Å². The Morgan fingerprint density at radius 1 is 1.26 bits per heavy atom. The van der Waals surface area contributed by atoms with Crippen molar-refractivity contribution in [3.05, 3.63) is 17.0 Å². The molecule has 1 aromatic rings. The molecule has 3 heteroatoms. The van der Waals surface area contributed by atoms with E-state index in [-0.39, 0.29) is 6.04 Å². The van der Waals surface area contributed by atoms with Crippen LogP contribution in [0.15, 0.2) is 0 Å². The Kier molecular flexibility index (Phi) is 4.67. The zero-order valence-electron chi connectivity index (χ0n) is 12.9. The summed E-state index contributed by atoms with van der Waals surface area (Å²) >= 11 is 0. The maximum atomic E-state index is 6.38. The molecule has 0 aromatic carbocycles. The monoisotopic (exact) mass is 263 g/mol. The van der Waals surface area contributed by atoms with Crippen molar-refractivity contribution in [3.63, 3.8) is 0 Å². The number of nitrogens with zero attached hydrogens (tertiary/aromatic N) is 2. The normalized spacial score (nSPS) is 27.7. The van der Waals surface area contributed by atoms with Gasteiger partial charge < -0.3 is 5.73 Å². The van der Waals surface area contributed by atoms with Crippen LogP contribution in [0.1, 0.15) is 68.9 Å². The molecule has 108 valence electrons. The first-order chi connectivity index (χ1) is 9.08. The molecule has 0 radical (unpaired) electrons. The highest BCUT2D eigenvalue weighted by Gasteiger charge is 2.31. The van der Waals surface area contributed by atoms with Gasteiger partial charge in [0.1, 0.15) is 0 Å². The molecule has 2 N–H and O–H groups in total. The van der Waals surface area contributed by atoms with E-state index >= 15 is 0 Å². The number of aryl methyl sites for hydroxylation is 1. The van der Waals surface area contributed by atoms with Crippen LogP contribution in [0.25, 0.3) is 0 Å². The summed E-state index contributed by atoms with van der Waals surface area (Å²) in [4.78, 5) is 0. The van der Waals surface area contributed by atoms with Gasteiger partial charge in [-0.2, -0.15) is 5.10 Å². The van der Waals surface area contributed by atoms with Gasteiger partial charge in [-0.25, -0.2) is 0 Å². The fourth-order valence-corrected chi connectivity index (χ4v) is 3.74. The first kappa shape index (κ1) is 14.6. The van der Waals surface area contributed by atoms with Gasteiger partial charge in [-0.1, -0.05) is 26.7 Å². The zero-order valence-corrected chi connectivity index (χ0v) is 12.9. The molecule has 2 rings (SSSR count). The Morgan fingerprint density at radius 3 is 2.58 bits per heavy atom. The third kappa shape index (κ3) is 2.86. The number of aromatic nitrogens is 2. The first-order valence-corrected chi connectivity index (χ1v) is 7.88. The largest absolute Gasteiger partial charge is 0.326 e. The summed E-state index contributed by atoms with van der Waals surface area (Å²) in [5.74, 6) is 0.837. The van der Waals surface area contributed by atoms with Gasteiger partial charge in [-0.05, 0) is 51.0 Å². The molecule has 1 fully saturated rings. The Morgan fingerprint density at radius 2 is 2.00 bits per heavy atom. The Labute approximate surface area is 117 Å². The van der Waals surface area contributed by atoms with E-state index in [1.165, 1.54) is 42.6 Å². The van der Waals surface area contributed by atoms with E-state index in [1.807, 2.05) is 0 Å². The van der Waals surface area contributed by atoms with Crippen LogP contribution in [0, 0.1) is 19.8 Å². The van der Waals surface area contributed by atoms with Gasteiger partial charge in [0.25, 0.3) is 0 Å². The molecule has 0 saturated heterocycles. The lowest BCUT2D eigenvalue weighted by atomic mass is 9.80. The fraction of sp³-hybridized carbons (Fsp3) is 0.812. The summed E-state index contributed by atoms with van der Waals surface area (Å²) in [6.45, 7) is 8.82. The Hall–Kier alpha value is -0.830. The van der Waals surface area contributed by atoms with Gasteiger partial charge >= 0.3 is 0 Å². The molecule has 0 aliphatic heterocycles. The van der Waals surface area contributed by atoms with E-state index in [4.69, 9.17) is 10.8 Å². The average molecular weight is 263 g/mol. The molecule has 19 heavy (non-hydrogen) atoms. The second-order valence-corrected chi connectivity index (χ2v) is 6.15. The van der Waals surface area contributed by atoms with Crippen LogP contribution in [-0.2, 0) is 6.42 Å². The average Bonchev–Trinajstić information content (AvgIpc) is 2.67. The van der Waals surface area contributed by atoms with E-state index in [2.05, 4.69) is 32.4 Å². The molecule has 1 heterocycles. The molecular formula is C16H29N3. The van der Waals surface area contributed by atoms with Crippen molar-refractivity contribution < 1.29 is 0 Å². The van der Waals surface area contributed by atoms with Gasteiger partial charge in [-0.3, -0.25) is 4.68 Å². The summed E-state index contributed by atoms with van der Waals surface area (Å²) in [6, 6.07) is 0.681. The van der Waals surface area contributed by atoms with Crippen molar-refractivity contribution in [2.45, 2.75) is 78.3 Å². The minimum Gasteiger partial charge on any atom is -0.326 e. The van der Waals surface area contributed by atoms with Gasteiger partial charge in [-0.15, -0.1) is 0 Å². The predicted octanol–water partition coefficient (Wildman–Crippen LogP) is 3.53. The molecule has 0 bridgehead atoms. The summed E-state index contributed by atoms with van der Waals surface area (Å²) in [5.41, 5.74) is 10.3. The van der Waals surface area contributed by atoms with Crippen molar-refractivity contribution in [3.8, 4) is 0 Å². The SMILES string of the molecule is CCCC1CCC(N)C(n2nc(C)c(CC)c2C)C1. The molecular weight excluding hydrogens is 234 g/mol. The fourth-order valence-electron chi connectivity index (χ4n) is 3.74. The van der Waals surface area contributed by atoms with Gasteiger partial charge in [0.15, 0.2) is 0 Å². The lowest BCUT2D eigenvalue weighted by Crippen LogP contribution is -2.38. The van der Waals surface area contributed by atoms with Crippen molar-refractivity contribution in [2.75, 3.05) is 0 Å². The summed E-state index contributed by atoms with van der Waals surface area (Å²) < 4.78 is 2.24. The van der Waals surface area contributed by atoms with Crippen LogP contribution in [0.3, 0.4) is 0 Å². The minimum atomic E-state index is 0.274. The van der Waals surface area contributed by atoms with Crippen LogP contribution >= 0.6 is 0 Å². The van der Waals surface area contributed by atoms with Gasteiger partial charge in [0.05, 0.1) is 11.7 Å². The van der Waals surface area contributed by atoms with Crippen molar-refractivity contribution >= 4 is 0 Å². The summed E-state index contributed by atoms with van der Waals surface area (Å²) in [7, 11) is 0. The van der Waals surface area contributed by atoms with Crippen molar-refractivity contribution in [1.29, 1.82) is 0 Å². The molecule has 0 spiro atoms. The van der Waals surface area contributed by atoms with Crippen LogP contribution in [-0.4, -0.2) is 15.8 Å². The Balaban J connectivity index is 2.23. The van der Waals surface area contributed by atoms with E-state index in [0.29, 0.717) is 6.04 Å². The quantitative estimate of drug-likeness (QED) is 0.903. The first-order valence-electron chi connectivity index (χ1n) is 7.88. The lowest BCUT2D eigenvalue weighted by molar-refractivity contribution is 0.209. The molecule has 1 saturated carbocycles. The molecule has 1 aliphatic carbocycles. The second-order valence-electron chi connectivity index (χ2n) is 6.15. The van der Waals surface area contributed by atoms with Crippen LogP contribution in [0.4, 0.5) is 0 Å². The van der Waals surface area contributed by atoms with Gasteiger partial charge in [0.2, 0.25) is 0 Å². The second kappa shape index (κ2) is 6.08. The van der Waals surface area contributed by atoms with Crippen LogP contribution in [0.2, 0.25) is 0 Å². The highest BCUT2D eigenvalue weighted by atomic mass is 15.3. The number of hydrogen-bond acceptors (Lipinski definition) is 2. The molecule has 1 aliphatic rings. The number of rotatable bonds is 4. The number of nitrogens with two attached hydrogens (primary N) is 1. The smallest absolute Gasteiger partial charge is 0.0675 e. The van der Waals surface area contributed by atoms with Crippen molar-refractivity contribution in [1.82, 2.24) is 9.78 Å². The highest BCUT2D eigenvalue weighted by Crippen LogP contribution is 2.35. The van der Waals surface area contributed by atoms with E-state index in [0.717, 1.165) is 18.8 Å². The molecule has 3 unspecified atom stereocenters.